The zero-order chi connectivity index (χ0) is 7.82. The van der Waals surface area contributed by atoms with Crippen LogP contribution in [0.1, 0.15) is 0 Å². The van der Waals surface area contributed by atoms with Crippen LogP contribution in [0.3, 0.4) is 0 Å². The molecule has 0 spiro atoms. The van der Waals surface area contributed by atoms with E-state index in [9.17, 15) is 4.79 Å². The molecule has 2 heteroatoms. The molecule has 0 amide bonds. The van der Waals surface area contributed by atoms with Gasteiger partial charge >= 0.3 is 0 Å². The zero-order valence-electron chi connectivity index (χ0n) is 5.75. The van der Waals surface area contributed by atoms with E-state index in [-0.39, 0.29) is 6.61 Å². The molecule has 2 nitrogen and oxygen atoms in total. The molecule has 54 valence electrons. The molecule has 0 heterocycles. The van der Waals surface area contributed by atoms with E-state index in [1.807, 2.05) is 0 Å². The van der Waals surface area contributed by atoms with Gasteiger partial charge in [0, 0.05) is 0 Å². The first-order chi connectivity index (χ1) is 4.81. The lowest BCUT2D eigenvalue weighted by Gasteiger charge is -1.94. The zero-order valence-corrected chi connectivity index (χ0v) is 5.75. The smallest absolute Gasteiger partial charge is 0.293 e. The fourth-order valence-corrected chi connectivity index (χ4v) is 0.393. The highest BCUT2D eigenvalue weighted by Crippen LogP contribution is 1.92. The second kappa shape index (κ2) is 5.82. The quantitative estimate of drug-likeness (QED) is 0.424. The summed E-state index contributed by atoms with van der Waals surface area (Å²) in [5, 5.41) is 0. The molecule has 0 N–H and O–H groups in total. The van der Waals surface area contributed by atoms with Crippen molar-refractivity contribution < 1.29 is 9.53 Å². The van der Waals surface area contributed by atoms with Crippen LogP contribution in [-0.4, -0.2) is 13.1 Å². The van der Waals surface area contributed by atoms with E-state index in [0.717, 1.165) is 5.57 Å². The Morgan fingerprint density at radius 1 is 1.60 bits per heavy atom. The third-order valence-corrected chi connectivity index (χ3v) is 0.805. The molecule has 0 rings (SSSR count). The van der Waals surface area contributed by atoms with Gasteiger partial charge in [0.1, 0.15) is 6.61 Å². The standard InChI is InChI=1S/C8H10O2/c1-3-4-5-8(2)6-10-7-9/h3-5,7H,1-2,6H2/b5-4-. The van der Waals surface area contributed by atoms with Gasteiger partial charge in [-0.2, -0.15) is 0 Å². The van der Waals surface area contributed by atoms with E-state index in [2.05, 4.69) is 17.9 Å². The first kappa shape index (κ1) is 8.69. The van der Waals surface area contributed by atoms with Crippen molar-refractivity contribution in [2.45, 2.75) is 0 Å². The normalized spacial score (nSPS) is 9.20. The molecule has 10 heavy (non-hydrogen) atoms. The lowest BCUT2D eigenvalue weighted by atomic mass is 10.3. The van der Waals surface area contributed by atoms with Gasteiger partial charge in [0.25, 0.3) is 6.47 Å². The van der Waals surface area contributed by atoms with Crippen molar-refractivity contribution in [2.24, 2.45) is 0 Å². The van der Waals surface area contributed by atoms with Gasteiger partial charge in [-0.1, -0.05) is 31.4 Å². The maximum absolute atomic E-state index is 9.68. The Morgan fingerprint density at radius 3 is 2.80 bits per heavy atom. The molecule has 0 fully saturated rings. The number of ether oxygens (including phenoxy) is 1. The summed E-state index contributed by atoms with van der Waals surface area (Å²) in [7, 11) is 0. The molecule has 0 unspecified atom stereocenters. The van der Waals surface area contributed by atoms with E-state index < -0.39 is 0 Å². The first-order valence-corrected chi connectivity index (χ1v) is 2.83. The molecule has 0 aromatic carbocycles. The van der Waals surface area contributed by atoms with E-state index in [1.54, 1.807) is 18.2 Å². The van der Waals surface area contributed by atoms with Gasteiger partial charge in [-0.15, -0.1) is 0 Å². The van der Waals surface area contributed by atoms with Gasteiger partial charge in [0.15, 0.2) is 0 Å². The predicted octanol–water partition coefficient (Wildman–Crippen LogP) is 1.46. The molecule has 0 saturated carbocycles. The average molecular weight is 138 g/mol. The third-order valence-electron chi connectivity index (χ3n) is 0.805. The molecule has 0 aliphatic heterocycles. The topological polar surface area (TPSA) is 26.3 Å². The van der Waals surface area contributed by atoms with Crippen LogP contribution in [-0.2, 0) is 9.53 Å². The summed E-state index contributed by atoms with van der Waals surface area (Å²) in [5.41, 5.74) is 0.743. The molecule has 0 aliphatic carbocycles. The summed E-state index contributed by atoms with van der Waals surface area (Å²) < 4.78 is 4.43. The molecule has 0 saturated heterocycles. The van der Waals surface area contributed by atoms with Crippen LogP contribution >= 0.6 is 0 Å². The maximum Gasteiger partial charge on any atom is 0.293 e. The third kappa shape index (κ3) is 4.84. The van der Waals surface area contributed by atoms with Gasteiger partial charge in [-0.25, -0.2) is 0 Å². The van der Waals surface area contributed by atoms with Gasteiger partial charge in [0.05, 0.1) is 0 Å². The molecular weight excluding hydrogens is 128 g/mol. The molecular formula is C8H10O2. The van der Waals surface area contributed by atoms with E-state index in [0.29, 0.717) is 6.47 Å². The fraction of sp³-hybridized carbons (Fsp3) is 0.125. The van der Waals surface area contributed by atoms with Crippen LogP contribution < -0.4 is 0 Å². The van der Waals surface area contributed by atoms with Gasteiger partial charge in [0.2, 0.25) is 0 Å². The second-order valence-corrected chi connectivity index (χ2v) is 1.66. The Hall–Kier alpha value is -1.31. The highest BCUT2D eigenvalue weighted by Gasteiger charge is 1.84. The first-order valence-electron chi connectivity index (χ1n) is 2.83. The van der Waals surface area contributed by atoms with Crippen LogP contribution in [0, 0.1) is 0 Å². The van der Waals surface area contributed by atoms with Crippen molar-refractivity contribution in [1.82, 2.24) is 0 Å². The van der Waals surface area contributed by atoms with Crippen LogP contribution in [0.5, 0.6) is 0 Å². The molecule has 0 radical (unpaired) electrons. The minimum atomic E-state index is 0.244. The lowest BCUT2D eigenvalue weighted by molar-refractivity contribution is -0.127. The van der Waals surface area contributed by atoms with E-state index in [4.69, 9.17) is 0 Å². The summed E-state index contributed by atoms with van der Waals surface area (Å²) in [6.45, 7) is 7.73. The Labute approximate surface area is 60.5 Å². The minimum Gasteiger partial charge on any atom is -0.463 e. The number of hydrogen-bond acceptors (Lipinski definition) is 2. The molecule has 0 aromatic heterocycles. The summed E-state index contributed by atoms with van der Waals surface area (Å²) in [4.78, 5) is 9.68. The Balaban J connectivity index is 3.52. The average Bonchev–Trinajstić information content (AvgIpc) is 1.97. The van der Waals surface area contributed by atoms with Crippen molar-refractivity contribution >= 4 is 6.47 Å². The summed E-state index contributed by atoms with van der Waals surface area (Å²) in [5.74, 6) is 0. The van der Waals surface area contributed by atoms with Crippen molar-refractivity contribution in [2.75, 3.05) is 6.61 Å². The van der Waals surface area contributed by atoms with Crippen molar-refractivity contribution in [3.63, 3.8) is 0 Å². The number of hydrogen-bond donors (Lipinski definition) is 0. The fourth-order valence-electron chi connectivity index (χ4n) is 0.393. The van der Waals surface area contributed by atoms with Crippen molar-refractivity contribution in [3.8, 4) is 0 Å². The van der Waals surface area contributed by atoms with Crippen LogP contribution in [0.15, 0.2) is 37.0 Å². The number of allylic oxidation sites excluding steroid dienone is 2. The lowest BCUT2D eigenvalue weighted by Crippen LogP contribution is -1.91. The molecule has 0 aromatic rings. The Bertz CT molecular complexity index is 157. The minimum absolute atomic E-state index is 0.244. The largest absolute Gasteiger partial charge is 0.463 e. The molecule has 0 aliphatic rings. The van der Waals surface area contributed by atoms with Crippen molar-refractivity contribution in [3.05, 3.63) is 37.0 Å². The molecule has 0 bridgehead atoms. The van der Waals surface area contributed by atoms with Crippen LogP contribution in [0.25, 0.3) is 0 Å². The van der Waals surface area contributed by atoms with E-state index in [1.165, 1.54) is 0 Å². The van der Waals surface area contributed by atoms with Gasteiger partial charge in [-0.05, 0) is 5.57 Å². The maximum atomic E-state index is 9.68. The Morgan fingerprint density at radius 2 is 2.30 bits per heavy atom. The monoisotopic (exact) mass is 138 g/mol. The SMILES string of the molecule is C=C/C=C\C(=C)COC=O. The predicted molar refractivity (Wildman–Crippen MR) is 40.5 cm³/mol. The summed E-state index contributed by atoms with van der Waals surface area (Å²) in [6.07, 6.45) is 5.10. The second-order valence-electron chi connectivity index (χ2n) is 1.66. The number of rotatable bonds is 5. The number of carbonyl (C=O) groups is 1. The van der Waals surface area contributed by atoms with Gasteiger partial charge < -0.3 is 4.74 Å². The van der Waals surface area contributed by atoms with Crippen molar-refractivity contribution in [1.29, 1.82) is 0 Å². The van der Waals surface area contributed by atoms with Gasteiger partial charge in [-0.3, -0.25) is 4.79 Å². The summed E-state index contributed by atoms with van der Waals surface area (Å²) in [6, 6.07) is 0. The highest BCUT2D eigenvalue weighted by atomic mass is 16.5. The Kier molecular flexibility index (Phi) is 5.06. The number of carbonyl (C=O) groups excluding carboxylic acids is 1. The van der Waals surface area contributed by atoms with Crippen LogP contribution in [0.2, 0.25) is 0 Å². The van der Waals surface area contributed by atoms with Crippen LogP contribution in [0.4, 0.5) is 0 Å². The highest BCUT2D eigenvalue weighted by molar-refractivity contribution is 5.38. The summed E-state index contributed by atoms with van der Waals surface area (Å²) >= 11 is 0. The molecule has 0 atom stereocenters. The van der Waals surface area contributed by atoms with E-state index >= 15 is 0 Å².